The molecule has 3 rings (SSSR count). The Kier molecular flexibility index (Phi) is 4.98. The first kappa shape index (κ1) is 18.6. The van der Waals surface area contributed by atoms with Gasteiger partial charge in [0.25, 0.3) is 5.56 Å². The third kappa shape index (κ3) is 4.52. The molecule has 8 heteroatoms. The van der Waals surface area contributed by atoms with Gasteiger partial charge in [-0.1, -0.05) is 6.07 Å². The van der Waals surface area contributed by atoms with Crippen LogP contribution in [0.2, 0.25) is 0 Å². The van der Waals surface area contributed by atoms with E-state index in [1.165, 1.54) is 30.3 Å². The molecule has 0 aliphatic rings. The van der Waals surface area contributed by atoms with Crippen LogP contribution in [0.15, 0.2) is 53.3 Å². The van der Waals surface area contributed by atoms with Crippen molar-refractivity contribution < 1.29 is 22.4 Å². The van der Waals surface area contributed by atoms with Crippen molar-refractivity contribution in [3.8, 4) is 0 Å². The van der Waals surface area contributed by atoms with Crippen molar-refractivity contribution in [1.82, 2.24) is 4.98 Å². The lowest BCUT2D eigenvalue weighted by molar-refractivity contribution is -0.137. The second kappa shape index (κ2) is 7.22. The van der Waals surface area contributed by atoms with Gasteiger partial charge in [0.05, 0.1) is 11.1 Å². The zero-order chi connectivity index (χ0) is 19.6. The number of hydrogen-bond acceptors (Lipinski definition) is 2. The van der Waals surface area contributed by atoms with E-state index in [9.17, 15) is 27.2 Å². The number of pyridine rings is 1. The summed E-state index contributed by atoms with van der Waals surface area (Å²) in [6.45, 7) is 0. The molecule has 0 spiro atoms. The normalized spacial score (nSPS) is 11.6. The van der Waals surface area contributed by atoms with E-state index in [1.54, 1.807) is 6.07 Å². The highest BCUT2D eigenvalue weighted by Crippen LogP contribution is 2.30. The number of rotatable bonds is 4. The SMILES string of the molecule is O=C(CCc1cc2ccc(F)cc2[nH]c1=O)Nc1cccc(C(F)(F)F)c1. The Balaban J connectivity index is 1.69. The van der Waals surface area contributed by atoms with Gasteiger partial charge < -0.3 is 10.3 Å². The van der Waals surface area contributed by atoms with E-state index < -0.39 is 29.0 Å². The van der Waals surface area contributed by atoms with Crippen LogP contribution in [0.1, 0.15) is 17.5 Å². The fraction of sp³-hybridized carbons (Fsp3) is 0.158. The van der Waals surface area contributed by atoms with Gasteiger partial charge in [-0.2, -0.15) is 13.2 Å². The molecule has 2 aromatic carbocycles. The molecule has 1 amide bonds. The van der Waals surface area contributed by atoms with Gasteiger partial charge in [-0.25, -0.2) is 4.39 Å². The quantitative estimate of drug-likeness (QED) is 0.667. The number of amides is 1. The van der Waals surface area contributed by atoms with E-state index in [0.717, 1.165) is 12.1 Å². The molecule has 3 aromatic rings. The van der Waals surface area contributed by atoms with Crippen LogP contribution in [0.5, 0.6) is 0 Å². The van der Waals surface area contributed by atoms with Gasteiger partial charge in [0.2, 0.25) is 5.91 Å². The molecule has 1 heterocycles. The number of aromatic nitrogens is 1. The Labute approximate surface area is 150 Å². The van der Waals surface area contributed by atoms with Crippen LogP contribution in [0.25, 0.3) is 10.9 Å². The summed E-state index contributed by atoms with van der Waals surface area (Å²) in [5, 5.41) is 3.00. The predicted molar refractivity (Wildman–Crippen MR) is 92.9 cm³/mol. The average Bonchev–Trinajstić information content (AvgIpc) is 2.59. The molecule has 27 heavy (non-hydrogen) atoms. The Morgan fingerprint density at radius 2 is 1.85 bits per heavy atom. The number of fused-ring (bicyclic) bond motifs is 1. The Morgan fingerprint density at radius 1 is 1.07 bits per heavy atom. The van der Waals surface area contributed by atoms with Gasteiger partial charge in [-0.15, -0.1) is 0 Å². The highest BCUT2D eigenvalue weighted by Gasteiger charge is 2.30. The van der Waals surface area contributed by atoms with Crippen molar-refractivity contribution in [2.24, 2.45) is 0 Å². The number of carbonyl (C=O) groups excluding carboxylic acids is 1. The summed E-state index contributed by atoms with van der Waals surface area (Å²) in [4.78, 5) is 26.6. The molecule has 0 aliphatic heterocycles. The van der Waals surface area contributed by atoms with Crippen LogP contribution >= 0.6 is 0 Å². The average molecular weight is 378 g/mol. The summed E-state index contributed by atoms with van der Waals surface area (Å²) in [6.07, 6.45) is -4.50. The van der Waals surface area contributed by atoms with E-state index in [-0.39, 0.29) is 18.5 Å². The van der Waals surface area contributed by atoms with Crippen LogP contribution in [0, 0.1) is 5.82 Å². The first-order chi connectivity index (χ1) is 12.7. The second-order valence-corrected chi connectivity index (χ2v) is 5.98. The molecule has 0 bridgehead atoms. The largest absolute Gasteiger partial charge is 0.416 e. The summed E-state index contributed by atoms with van der Waals surface area (Å²) >= 11 is 0. The van der Waals surface area contributed by atoms with E-state index in [0.29, 0.717) is 16.5 Å². The number of alkyl halides is 3. The lowest BCUT2D eigenvalue weighted by atomic mass is 10.1. The summed E-state index contributed by atoms with van der Waals surface area (Å²) in [5.41, 5.74) is -0.610. The van der Waals surface area contributed by atoms with Crippen LogP contribution < -0.4 is 10.9 Å². The second-order valence-electron chi connectivity index (χ2n) is 5.98. The zero-order valence-corrected chi connectivity index (χ0v) is 13.9. The molecule has 0 saturated heterocycles. The maximum absolute atomic E-state index is 13.2. The number of hydrogen-bond donors (Lipinski definition) is 2. The Hall–Kier alpha value is -3.16. The highest BCUT2D eigenvalue weighted by molar-refractivity contribution is 5.91. The van der Waals surface area contributed by atoms with E-state index in [1.807, 2.05) is 0 Å². The molecule has 2 N–H and O–H groups in total. The molecular formula is C19H14F4N2O2. The van der Waals surface area contributed by atoms with E-state index in [2.05, 4.69) is 10.3 Å². The molecular weight excluding hydrogens is 364 g/mol. The number of aromatic amines is 1. The third-order valence-corrected chi connectivity index (χ3v) is 3.98. The zero-order valence-electron chi connectivity index (χ0n) is 13.9. The monoisotopic (exact) mass is 378 g/mol. The molecule has 4 nitrogen and oxygen atoms in total. The fourth-order valence-electron chi connectivity index (χ4n) is 2.65. The molecule has 0 radical (unpaired) electrons. The van der Waals surface area contributed by atoms with E-state index >= 15 is 0 Å². The highest BCUT2D eigenvalue weighted by atomic mass is 19.4. The lowest BCUT2D eigenvalue weighted by Crippen LogP contribution is -2.17. The predicted octanol–water partition coefficient (Wildman–Crippen LogP) is 4.26. The number of halogens is 4. The van der Waals surface area contributed by atoms with Gasteiger partial charge in [0.15, 0.2) is 0 Å². The maximum Gasteiger partial charge on any atom is 0.416 e. The minimum Gasteiger partial charge on any atom is -0.326 e. The van der Waals surface area contributed by atoms with E-state index in [4.69, 9.17) is 0 Å². The van der Waals surface area contributed by atoms with Crippen molar-refractivity contribution in [3.63, 3.8) is 0 Å². The molecule has 140 valence electrons. The van der Waals surface area contributed by atoms with Crippen molar-refractivity contribution in [2.45, 2.75) is 19.0 Å². The molecule has 1 aromatic heterocycles. The van der Waals surface area contributed by atoms with Crippen LogP contribution in [-0.2, 0) is 17.4 Å². The number of benzene rings is 2. The maximum atomic E-state index is 13.2. The minimum atomic E-state index is -4.50. The minimum absolute atomic E-state index is 0.0257. The summed E-state index contributed by atoms with van der Waals surface area (Å²) in [7, 11) is 0. The number of H-pyrrole nitrogens is 1. The summed E-state index contributed by atoms with van der Waals surface area (Å²) in [5.74, 6) is -1.00. The number of nitrogens with one attached hydrogen (secondary N) is 2. The van der Waals surface area contributed by atoms with Gasteiger partial charge >= 0.3 is 6.18 Å². The van der Waals surface area contributed by atoms with Gasteiger partial charge in [-0.3, -0.25) is 9.59 Å². The molecule has 0 saturated carbocycles. The number of aryl methyl sites for hydroxylation is 1. The van der Waals surface area contributed by atoms with Gasteiger partial charge in [-0.05, 0) is 54.3 Å². The first-order valence-corrected chi connectivity index (χ1v) is 8.01. The van der Waals surface area contributed by atoms with Gasteiger partial charge in [0, 0.05) is 17.7 Å². The van der Waals surface area contributed by atoms with Crippen molar-refractivity contribution >= 4 is 22.5 Å². The standard InChI is InChI=1S/C19H14F4N2O2/c20-14-6-4-11-8-12(18(27)25-16(11)10-14)5-7-17(26)24-15-3-1-2-13(9-15)19(21,22)23/h1-4,6,8-10H,5,7H2,(H,24,26)(H,25,27). The lowest BCUT2D eigenvalue weighted by Gasteiger charge is -2.10. The smallest absolute Gasteiger partial charge is 0.326 e. The van der Waals surface area contributed by atoms with Crippen LogP contribution in [0.3, 0.4) is 0 Å². The number of anilines is 1. The number of carbonyl (C=O) groups is 1. The van der Waals surface area contributed by atoms with Crippen LogP contribution in [-0.4, -0.2) is 10.9 Å². The third-order valence-electron chi connectivity index (χ3n) is 3.98. The van der Waals surface area contributed by atoms with Gasteiger partial charge in [0.1, 0.15) is 5.82 Å². The first-order valence-electron chi connectivity index (χ1n) is 8.01. The summed E-state index contributed by atoms with van der Waals surface area (Å²) in [6, 6.07) is 9.82. The molecule has 0 aliphatic carbocycles. The fourth-order valence-corrected chi connectivity index (χ4v) is 2.65. The topological polar surface area (TPSA) is 62.0 Å². The Bertz CT molecular complexity index is 1060. The Morgan fingerprint density at radius 3 is 2.59 bits per heavy atom. The van der Waals surface area contributed by atoms with Crippen molar-refractivity contribution in [3.05, 3.63) is 75.8 Å². The van der Waals surface area contributed by atoms with Crippen molar-refractivity contribution in [2.75, 3.05) is 5.32 Å². The van der Waals surface area contributed by atoms with Crippen LogP contribution in [0.4, 0.5) is 23.2 Å². The molecule has 0 fully saturated rings. The molecule has 0 atom stereocenters. The molecule has 0 unspecified atom stereocenters. The summed E-state index contributed by atoms with van der Waals surface area (Å²) < 4.78 is 51.3. The van der Waals surface area contributed by atoms with Crippen molar-refractivity contribution in [1.29, 1.82) is 0 Å².